The van der Waals surface area contributed by atoms with Crippen molar-refractivity contribution < 1.29 is 8.42 Å². The lowest BCUT2D eigenvalue weighted by Gasteiger charge is -2.10. The summed E-state index contributed by atoms with van der Waals surface area (Å²) in [6, 6.07) is 0. The molecule has 2 aromatic heterocycles. The molecule has 0 aromatic carbocycles. The molecule has 1 aliphatic carbocycles. The Balaban J connectivity index is 1.96. The Morgan fingerprint density at radius 3 is 3.00 bits per heavy atom. The quantitative estimate of drug-likeness (QED) is 0.941. The standard InChI is InChI=1S/C10H12ClN3O2S2/c1-10(2-3-10)6-12-18(15,16)8-7(11)13-9-14(8)4-5-17-9/h4-5,12H,2-3,6H2,1H3. The van der Waals surface area contributed by atoms with Gasteiger partial charge >= 0.3 is 0 Å². The average molecular weight is 306 g/mol. The molecule has 1 fully saturated rings. The molecular weight excluding hydrogens is 294 g/mol. The highest BCUT2D eigenvalue weighted by atomic mass is 35.5. The molecule has 1 N–H and O–H groups in total. The fourth-order valence-electron chi connectivity index (χ4n) is 1.71. The van der Waals surface area contributed by atoms with Crippen molar-refractivity contribution >= 4 is 37.9 Å². The van der Waals surface area contributed by atoms with Gasteiger partial charge in [0.2, 0.25) is 0 Å². The lowest BCUT2D eigenvalue weighted by atomic mass is 10.2. The molecule has 8 heteroatoms. The Morgan fingerprint density at radius 2 is 2.33 bits per heavy atom. The van der Waals surface area contributed by atoms with E-state index < -0.39 is 10.0 Å². The van der Waals surface area contributed by atoms with Gasteiger partial charge < -0.3 is 0 Å². The first kappa shape index (κ1) is 12.4. The van der Waals surface area contributed by atoms with Gasteiger partial charge in [0.1, 0.15) is 0 Å². The van der Waals surface area contributed by atoms with Crippen LogP contribution in [0.3, 0.4) is 0 Å². The lowest BCUT2D eigenvalue weighted by Crippen LogP contribution is -2.30. The van der Waals surface area contributed by atoms with E-state index in [1.807, 2.05) is 0 Å². The van der Waals surface area contributed by atoms with E-state index in [9.17, 15) is 8.42 Å². The van der Waals surface area contributed by atoms with Crippen molar-refractivity contribution in [2.24, 2.45) is 5.41 Å². The molecular formula is C10H12ClN3O2S2. The number of sulfonamides is 1. The Labute approximate surface area is 114 Å². The average Bonchev–Trinajstić information content (AvgIpc) is 2.70. The Bertz CT molecular complexity index is 700. The van der Waals surface area contributed by atoms with Crippen LogP contribution in [0, 0.1) is 5.41 Å². The number of halogens is 1. The van der Waals surface area contributed by atoms with Gasteiger partial charge in [-0.2, -0.15) is 0 Å². The molecule has 0 amide bonds. The number of aromatic nitrogens is 2. The SMILES string of the molecule is CC1(CNS(=O)(=O)c2c(Cl)nc3sccn23)CC1. The minimum atomic E-state index is -3.61. The largest absolute Gasteiger partial charge is 0.279 e. The molecule has 18 heavy (non-hydrogen) atoms. The second-order valence-electron chi connectivity index (χ2n) is 4.90. The zero-order valence-corrected chi connectivity index (χ0v) is 12.1. The molecule has 0 bridgehead atoms. The fraction of sp³-hybridized carbons (Fsp3) is 0.500. The van der Waals surface area contributed by atoms with Crippen molar-refractivity contribution in [1.82, 2.24) is 14.1 Å². The number of hydrogen-bond acceptors (Lipinski definition) is 4. The van der Waals surface area contributed by atoms with Crippen LogP contribution in [-0.2, 0) is 10.0 Å². The first-order chi connectivity index (χ1) is 8.41. The maximum Gasteiger partial charge on any atom is 0.259 e. The minimum absolute atomic E-state index is 0.0234. The zero-order valence-electron chi connectivity index (χ0n) is 9.68. The van der Waals surface area contributed by atoms with Crippen LogP contribution in [0.5, 0.6) is 0 Å². The van der Waals surface area contributed by atoms with Crippen molar-refractivity contribution in [1.29, 1.82) is 0 Å². The van der Waals surface area contributed by atoms with Gasteiger partial charge in [0.25, 0.3) is 10.0 Å². The number of nitrogens with zero attached hydrogens (tertiary/aromatic N) is 2. The van der Waals surface area contributed by atoms with Crippen LogP contribution in [0.1, 0.15) is 19.8 Å². The summed E-state index contributed by atoms with van der Waals surface area (Å²) in [6.45, 7) is 2.51. The van der Waals surface area contributed by atoms with Crippen molar-refractivity contribution in [3.8, 4) is 0 Å². The third-order valence-electron chi connectivity index (χ3n) is 3.23. The lowest BCUT2D eigenvalue weighted by molar-refractivity contribution is 0.528. The van der Waals surface area contributed by atoms with Crippen LogP contribution in [-0.4, -0.2) is 24.3 Å². The van der Waals surface area contributed by atoms with Crippen LogP contribution in [0.25, 0.3) is 4.96 Å². The monoisotopic (exact) mass is 305 g/mol. The smallest absolute Gasteiger partial charge is 0.259 e. The van der Waals surface area contributed by atoms with Gasteiger partial charge in [-0.05, 0) is 18.3 Å². The number of hydrogen-bond donors (Lipinski definition) is 1. The predicted molar refractivity (Wildman–Crippen MR) is 70.6 cm³/mol. The molecule has 0 spiro atoms. The topological polar surface area (TPSA) is 63.5 Å². The molecule has 2 heterocycles. The number of fused-ring (bicyclic) bond motifs is 1. The number of thiazole rings is 1. The van der Waals surface area contributed by atoms with Gasteiger partial charge in [0, 0.05) is 18.1 Å². The van der Waals surface area contributed by atoms with Gasteiger partial charge in [0.05, 0.1) is 0 Å². The van der Waals surface area contributed by atoms with E-state index in [0.717, 1.165) is 12.8 Å². The van der Waals surface area contributed by atoms with E-state index in [0.29, 0.717) is 11.5 Å². The third kappa shape index (κ3) is 2.05. The van der Waals surface area contributed by atoms with Crippen molar-refractivity contribution in [3.63, 3.8) is 0 Å². The summed E-state index contributed by atoms with van der Waals surface area (Å²) in [6.07, 6.45) is 3.78. The molecule has 0 radical (unpaired) electrons. The first-order valence-electron chi connectivity index (χ1n) is 5.52. The summed E-state index contributed by atoms with van der Waals surface area (Å²) < 4.78 is 28.6. The van der Waals surface area contributed by atoms with E-state index in [1.54, 1.807) is 11.6 Å². The van der Waals surface area contributed by atoms with Crippen LogP contribution in [0.4, 0.5) is 0 Å². The number of nitrogens with one attached hydrogen (secondary N) is 1. The first-order valence-corrected chi connectivity index (χ1v) is 8.26. The Kier molecular flexibility index (Phi) is 2.71. The van der Waals surface area contributed by atoms with Crippen LogP contribution < -0.4 is 4.72 Å². The molecule has 3 rings (SSSR count). The summed E-state index contributed by atoms with van der Waals surface area (Å²) >= 11 is 7.26. The summed E-state index contributed by atoms with van der Waals surface area (Å²) in [5.74, 6) is 0. The van der Waals surface area contributed by atoms with Gasteiger partial charge in [0.15, 0.2) is 15.1 Å². The van der Waals surface area contributed by atoms with Gasteiger partial charge in [-0.25, -0.2) is 18.1 Å². The van der Waals surface area contributed by atoms with E-state index >= 15 is 0 Å². The molecule has 1 aliphatic rings. The molecule has 1 saturated carbocycles. The van der Waals surface area contributed by atoms with E-state index in [1.165, 1.54) is 15.7 Å². The highest BCUT2D eigenvalue weighted by Gasteiger charge is 2.38. The maximum absolute atomic E-state index is 12.2. The molecule has 0 saturated heterocycles. The molecule has 2 aromatic rings. The minimum Gasteiger partial charge on any atom is -0.279 e. The molecule has 0 unspecified atom stereocenters. The van der Waals surface area contributed by atoms with E-state index in [2.05, 4.69) is 16.6 Å². The maximum atomic E-state index is 12.2. The third-order valence-corrected chi connectivity index (χ3v) is 5.78. The summed E-state index contributed by atoms with van der Waals surface area (Å²) in [5, 5.41) is 1.83. The molecule has 98 valence electrons. The predicted octanol–water partition coefficient (Wildman–Crippen LogP) is 2.13. The second kappa shape index (κ2) is 3.93. The van der Waals surface area contributed by atoms with E-state index in [4.69, 9.17) is 11.6 Å². The summed E-state index contributed by atoms with van der Waals surface area (Å²) in [5.41, 5.74) is 0.109. The fourth-order valence-corrected chi connectivity index (χ4v) is 4.35. The molecule has 5 nitrogen and oxygen atoms in total. The van der Waals surface area contributed by atoms with E-state index in [-0.39, 0.29) is 15.6 Å². The van der Waals surface area contributed by atoms with Gasteiger partial charge in [-0.15, -0.1) is 11.3 Å². The van der Waals surface area contributed by atoms with Crippen LogP contribution in [0.15, 0.2) is 16.6 Å². The van der Waals surface area contributed by atoms with Crippen molar-refractivity contribution in [2.45, 2.75) is 24.8 Å². The van der Waals surface area contributed by atoms with Crippen LogP contribution >= 0.6 is 22.9 Å². The normalized spacial score (nSPS) is 18.3. The number of rotatable bonds is 4. The molecule has 0 aliphatic heterocycles. The highest BCUT2D eigenvalue weighted by Crippen LogP contribution is 2.44. The molecule has 0 atom stereocenters. The highest BCUT2D eigenvalue weighted by molar-refractivity contribution is 7.89. The van der Waals surface area contributed by atoms with Gasteiger partial charge in [-0.1, -0.05) is 18.5 Å². The van der Waals surface area contributed by atoms with Crippen molar-refractivity contribution in [2.75, 3.05) is 6.54 Å². The summed E-state index contributed by atoms with van der Waals surface area (Å²) in [4.78, 5) is 4.61. The Morgan fingerprint density at radius 1 is 1.61 bits per heavy atom. The Hall–Kier alpha value is -0.630. The summed E-state index contributed by atoms with van der Waals surface area (Å²) in [7, 11) is -3.61. The second-order valence-corrected chi connectivity index (χ2v) is 7.81. The zero-order chi connectivity index (χ0) is 13.0. The van der Waals surface area contributed by atoms with Gasteiger partial charge in [-0.3, -0.25) is 4.40 Å². The van der Waals surface area contributed by atoms with Crippen molar-refractivity contribution in [3.05, 3.63) is 16.7 Å². The van der Waals surface area contributed by atoms with Crippen LogP contribution in [0.2, 0.25) is 5.15 Å². The number of imidazole rings is 1.